The first-order chi connectivity index (χ1) is 9.89. The number of hydrogen-bond donors (Lipinski definition) is 2. The summed E-state index contributed by atoms with van der Waals surface area (Å²) in [6, 6.07) is 13.7. The molecule has 0 aliphatic carbocycles. The Bertz CT molecular complexity index is 604. The number of thiophene rings is 1. The van der Waals surface area contributed by atoms with Crippen LogP contribution in [0.25, 0.3) is 0 Å². The van der Waals surface area contributed by atoms with Crippen molar-refractivity contribution < 1.29 is 4.79 Å². The molecule has 0 bridgehead atoms. The Morgan fingerprint density at radius 3 is 2.52 bits per heavy atom. The van der Waals surface area contributed by atoms with Crippen LogP contribution in [0.15, 0.2) is 42.5 Å². The molecule has 0 aliphatic heterocycles. The number of rotatable bonds is 5. The van der Waals surface area contributed by atoms with Crippen molar-refractivity contribution in [3.05, 3.63) is 57.8 Å². The van der Waals surface area contributed by atoms with Crippen LogP contribution in [-0.4, -0.2) is 11.9 Å². The van der Waals surface area contributed by atoms with E-state index in [1.165, 1.54) is 9.75 Å². The standard InChI is InChI=1S/C17H22N2OS/c1-12(11-15-10-9-13(2)21-15)19-16(20)17(3,18)14-7-5-4-6-8-14/h4-10,12H,11,18H2,1-3H3,(H,19,20). The van der Waals surface area contributed by atoms with E-state index in [2.05, 4.69) is 24.4 Å². The lowest BCUT2D eigenvalue weighted by atomic mass is 9.92. The summed E-state index contributed by atoms with van der Waals surface area (Å²) in [5, 5.41) is 3.02. The molecule has 21 heavy (non-hydrogen) atoms. The van der Waals surface area contributed by atoms with Gasteiger partial charge in [-0.1, -0.05) is 30.3 Å². The van der Waals surface area contributed by atoms with Crippen LogP contribution in [-0.2, 0) is 16.8 Å². The van der Waals surface area contributed by atoms with Crippen LogP contribution < -0.4 is 11.1 Å². The van der Waals surface area contributed by atoms with Gasteiger partial charge in [0, 0.05) is 22.2 Å². The van der Waals surface area contributed by atoms with Gasteiger partial charge in [0.25, 0.3) is 0 Å². The predicted octanol–water partition coefficient (Wildman–Crippen LogP) is 2.98. The Labute approximate surface area is 130 Å². The van der Waals surface area contributed by atoms with E-state index in [0.29, 0.717) is 0 Å². The number of aryl methyl sites for hydroxylation is 1. The van der Waals surface area contributed by atoms with E-state index in [1.807, 2.05) is 37.3 Å². The van der Waals surface area contributed by atoms with Gasteiger partial charge in [-0.2, -0.15) is 0 Å². The van der Waals surface area contributed by atoms with E-state index in [4.69, 9.17) is 5.73 Å². The van der Waals surface area contributed by atoms with Gasteiger partial charge in [-0.15, -0.1) is 11.3 Å². The van der Waals surface area contributed by atoms with Crippen molar-refractivity contribution in [2.75, 3.05) is 0 Å². The molecule has 0 saturated heterocycles. The number of nitrogens with one attached hydrogen (secondary N) is 1. The topological polar surface area (TPSA) is 55.1 Å². The molecule has 0 spiro atoms. The number of benzene rings is 1. The smallest absolute Gasteiger partial charge is 0.244 e. The van der Waals surface area contributed by atoms with E-state index in [0.717, 1.165) is 12.0 Å². The summed E-state index contributed by atoms with van der Waals surface area (Å²) < 4.78 is 0. The number of carbonyl (C=O) groups is 1. The SMILES string of the molecule is Cc1ccc(CC(C)NC(=O)C(C)(N)c2ccccc2)s1. The van der Waals surface area contributed by atoms with Crippen LogP contribution in [0.1, 0.15) is 29.2 Å². The molecule has 1 aromatic heterocycles. The zero-order valence-electron chi connectivity index (χ0n) is 12.7. The Morgan fingerprint density at radius 1 is 1.29 bits per heavy atom. The Morgan fingerprint density at radius 2 is 1.95 bits per heavy atom. The second kappa shape index (κ2) is 6.41. The van der Waals surface area contributed by atoms with Gasteiger partial charge in [-0.3, -0.25) is 4.79 Å². The van der Waals surface area contributed by atoms with Gasteiger partial charge in [0.1, 0.15) is 5.54 Å². The lowest BCUT2D eigenvalue weighted by molar-refractivity contribution is -0.126. The second-order valence-corrected chi connectivity index (χ2v) is 7.03. The third kappa shape index (κ3) is 3.93. The van der Waals surface area contributed by atoms with Gasteiger partial charge >= 0.3 is 0 Å². The highest BCUT2D eigenvalue weighted by Crippen LogP contribution is 2.19. The van der Waals surface area contributed by atoms with Gasteiger partial charge in [0.15, 0.2) is 0 Å². The highest BCUT2D eigenvalue weighted by Gasteiger charge is 2.31. The zero-order valence-corrected chi connectivity index (χ0v) is 13.5. The molecule has 3 N–H and O–H groups in total. The average molecular weight is 302 g/mol. The molecule has 0 aliphatic rings. The maximum atomic E-state index is 12.4. The van der Waals surface area contributed by atoms with Gasteiger partial charge in [-0.25, -0.2) is 0 Å². The van der Waals surface area contributed by atoms with Crippen LogP contribution in [0.3, 0.4) is 0 Å². The summed E-state index contributed by atoms with van der Waals surface area (Å²) in [7, 11) is 0. The number of nitrogens with two attached hydrogens (primary N) is 1. The fraction of sp³-hybridized carbons (Fsp3) is 0.353. The molecular formula is C17H22N2OS. The molecule has 4 heteroatoms. The molecule has 2 aromatic rings. The highest BCUT2D eigenvalue weighted by atomic mass is 32.1. The second-order valence-electron chi connectivity index (χ2n) is 5.66. The summed E-state index contributed by atoms with van der Waals surface area (Å²) in [5.41, 5.74) is 6.03. The van der Waals surface area contributed by atoms with Crippen molar-refractivity contribution in [2.45, 2.75) is 38.8 Å². The summed E-state index contributed by atoms with van der Waals surface area (Å²) >= 11 is 1.76. The summed E-state index contributed by atoms with van der Waals surface area (Å²) in [6.45, 7) is 5.84. The minimum absolute atomic E-state index is 0.0575. The van der Waals surface area contributed by atoms with Gasteiger partial charge in [-0.05, 0) is 38.5 Å². The average Bonchev–Trinajstić information content (AvgIpc) is 2.84. The van der Waals surface area contributed by atoms with E-state index < -0.39 is 5.54 Å². The summed E-state index contributed by atoms with van der Waals surface area (Å²) in [6.07, 6.45) is 0.828. The summed E-state index contributed by atoms with van der Waals surface area (Å²) in [4.78, 5) is 15.0. The minimum atomic E-state index is -1.01. The lowest BCUT2D eigenvalue weighted by Gasteiger charge is -2.26. The monoisotopic (exact) mass is 302 g/mol. The Hall–Kier alpha value is -1.65. The third-order valence-electron chi connectivity index (χ3n) is 3.53. The van der Waals surface area contributed by atoms with Crippen molar-refractivity contribution in [3.63, 3.8) is 0 Å². The van der Waals surface area contributed by atoms with Crippen LogP contribution in [0, 0.1) is 6.92 Å². The van der Waals surface area contributed by atoms with E-state index in [1.54, 1.807) is 18.3 Å². The first kappa shape index (κ1) is 15.7. The van der Waals surface area contributed by atoms with Crippen molar-refractivity contribution in [2.24, 2.45) is 5.73 Å². The predicted molar refractivity (Wildman–Crippen MR) is 88.3 cm³/mol. The number of hydrogen-bond acceptors (Lipinski definition) is 3. The van der Waals surface area contributed by atoms with E-state index >= 15 is 0 Å². The molecule has 1 heterocycles. The number of amides is 1. The Balaban J connectivity index is 2.00. The van der Waals surface area contributed by atoms with Crippen molar-refractivity contribution in [3.8, 4) is 0 Å². The fourth-order valence-electron chi connectivity index (χ4n) is 2.24. The van der Waals surface area contributed by atoms with E-state index in [-0.39, 0.29) is 11.9 Å². The molecule has 1 amide bonds. The Kier molecular flexibility index (Phi) is 4.80. The van der Waals surface area contributed by atoms with Crippen molar-refractivity contribution >= 4 is 17.2 Å². The van der Waals surface area contributed by atoms with Crippen LogP contribution >= 0.6 is 11.3 Å². The highest BCUT2D eigenvalue weighted by molar-refractivity contribution is 7.11. The number of carbonyl (C=O) groups excluding carboxylic acids is 1. The first-order valence-corrected chi connectivity index (χ1v) is 7.92. The molecular weight excluding hydrogens is 280 g/mol. The molecule has 3 nitrogen and oxygen atoms in total. The molecule has 112 valence electrons. The van der Waals surface area contributed by atoms with Crippen LogP contribution in [0.5, 0.6) is 0 Å². The summed E-state index contributed by atoms with van der Waals surface area (Å²) in [5.74, 6) is -0.144. The largest absolute Gasteiger partial charge is 0.351 e. The fourth-order valence-corrected chi connectivity index (χ4v) is 3.26. The molecule has 0 radical (unpaired) electrons. The van der Waals surface area contributed by atoms with Gasteiger partial charge in [0.2, 0.25) is 5.91 Å². The maximum absolute atomic E-state index is 12.4. The molecule has 0 saturated carbocycles. The zero-order chi connectivity index (χ0) is 15.5. The molecule has 2 rings (SSSR count). The molecule has 1 aromatic carbocycles. The van der Waals surface area contributed by atoms with E-state index in [9.17, 15) is 4.79 Å². The lowest BCUT2D eigenvalue weighted by Crippen LogP contribution is -2.51. The molecule has 0 fully saturated rings. The third-order valence-corrected chi connectivity index (χ3v) is 4.55. The van der Waals surface area contributed by atoms with Crippen molar-refractivity contribution in [1.82, 2.24) is 5.32 Å². The quantitative estimate of drug-likeness (QED) is 0.892. The van der Waals surface area contributed by atoms with Crippen molar-refractivity contribution in [1.29, 1.82) is 0 Å². The normalized spacial score (nSPS) is 15.2. The minimum Gasteiger partial charge on any atom is -0.351 e. The van der Waals surface area contributed by atoms with Crippen LogP contribution in [0.2, 0.25) is 0 Å². The molecule has 2 unspecified atom stereocenters. The molecule has 2 atom stereocenters. The van der Waals surface area contributed by atoms with Gasteiger partial charge in [0.05, 0.1) is 0 Å². The van der Waals surface area contributed by atoms with Crippen LogP contribution in [0.4, 0.5) is 0 Å². The van der Waals surface area contributed by atoms with Gasteiger partial charge < -0.3 is 11.1 Å². The maximum Gasteiger partial charge on any atom is 0.244 e. The first-order valence-electron chi connectivity index (χ1n) is 7.10.